The van der Waals surface area contributed by atoms with Crippen LogP contribution in [0.25, 0.3) is 16.9 Å². The van der Waals surface area contributed by atoms with Gasteiger partial charge >= 0.3 is 16.5 Å². The SMILES string of the molecule is CCCCCCCCc1cccc(C2=C(CCCCC)C=C(c3cccc(CCCC)c3)[N+]2=[N-])c1.[CH2-]CCCCCCCCCCCCCCCCCCCCCCCCCCCCC.[CH2-]CCCCCCCCCCCCCCCCCCCCCCCCCCCCC.[Ni+2]. The molecule has 3 rings (SSSR count). The average Bonchev–Trinajstić information content (AvgIpc) is 1.64. The summed E-state index contributed by atoms with van der Waals surface area (Å²) in [5, 5.41) is 0. The van der Waals surface area contributed by atoms with E-state index in [0.717, 1.165) is 61.0 Å². The molecule has 1 aliphatic heterocycles. The van der Waals surface area contributed by atoms with Gasteiger partial charge in [-0.25, -0.2) is 4.70 Å². The van der Waals surface area contributed by atoms with Gasteiger partial charge < -0.3 is 19.4 Å². The smallest absolute Gasteiger partial charge is 0.493 e. The third-order valence-electron chi connectivity index (χ3n) is 20.9. The van der Waals surface area contributed by atoms with E-state index >= 15 is 0 Å². The fourth-order valence-corrected chi connectivity index (χ4v) is 14.4. The number of benzene rings is 2. The summed E-state index contributed by atoms with van der Waals surface area (Å²) >= 11 is 0. The largest absolute Gasteiger partial charge is 2.00 e. The van der Waals surface area contributed by atoms with Crippen LogP contribution in [0.3, 0.4) is 0 Å². The van der Waals surface area contributed by atoms with Crippen LogP contribution in [0, 0.1) is 13.8 Å². The van der Waals surface area contributed by atoms with E-state index in [0.29, 0.717) is 0 Å². The minimum absolute atomic E-state index is 0. The van der Waals surface area contributed by atoms with Crippen molar-refractivity contribution >= 4 is 11.4 Å². The molecule has 2 aromatic carbocycles. The predicted octanol–water partition coefficient (Wildman–Crippen LogP) is 33.8. The van der Waals surface area contributed by atoms with Gasteiger partial charge in [-0.05, 0) is 73.9 Å². The van der Waals surface area contributed by atoms with Gasteiger partial charge in [0.05, 0.1) is 0 Å². The van der Waals surface area contributed by atoms with Crippen LogP contribution in [0.2, 0.25) is 0 Å². The van der Waals surface area contributed by atoms with Gasteiger partial charge in [0.15, 0.2) is 0 Å². The quantitative estimate of drug-likeness (QED) is 0.0273. The van der Waals surface area contributed by atoms with E-state index in [-0.39, 0.29) is 16.5 Å². The fraction of sp³-hybridized carbons (Fsp3) is 0.806. The number of nitrogens with zero attached hydrogens (tertiary/aromatic N) is 2. The molecule has 0 radical (unpaired) electrons. The molecule has 1 aliphatic rings. The first kappa shape index (κ1) is 94.0. The first-order valence-electron chi connectivity index (χ1n) is 43.7. The molecule has 0 atom stereocenters. The molecule has 3 heteroatoms. The molecule has 0 bridgehead atoms. The second-order valence-electron chi connectivity index (χ2n) is 30.3. The van der Waals surface area contributed by atoms with E-state index in [1.165, 1.54) is 432 Å². The van der Waals surface area contributed by atoms with Crippen molar-refractivity contribution in [2.45, 2.75) is 484 Å². The molecule has 0 saturated carbocycles. The van der Waals surface area contributed by atoms with Crippen LogP contribution in [0.5, 0.6) is 0 Å². The van der Waals surface area contributed by atoms with E-state index < -0.39 is 0 Å². The maximum atomic E-state index is 11.4. The summed E-state index contributed by atoms with van der Waals surface area (Å²) in [6, 6.07) is 17.6. The second-order valence-corrected chi connectivity index (χ2v) is 30.3. The van der Waals surface area contributed by atoms with E-state index in [2.05, 4.69) is 103 Å². The average molecular weight is 1370 g/mol. The standard InChI is InChI=1S/C33H46N2.2C30H61.Ni/c1-4-7-10-11-12-14-18-28-20-16-23-30(25-28)33-31(21-13-8-5-2)26-32(35(33)34)29-22-15-19-27(24-29)17-9-6-3;2*1-3-5-7-9-11-13-15-17-19-21-23-25-27-29-30-28-26-24-22-20-18-16-14-12-10-8-6-4-2;/h15-16,19-20,22-26H,4-14,17-18,21H2,1-3H3;2*1,3-30H2,2H3;/q;2*-1;+2. The zero-order chi connectivity index (χ0) is 68.5. The molecule has 0 aromatic heterocycles. The van der Waals surface area contributed by atoms with E-state index in [9.17, 15) is 5.53 Å². The van der Waals surface area contributed by atoms with Crippen molar-refractivity contribution in [2.24, 2.45) is 0 Å². The Labute approximate surface area is 614 Å². The molecule has 96 heavy (non-hydrogen) atoms. The summed E-state index contributed by atoms with van der Waals surface area (Å²) < 4.78 is 1.46. The van der Waals surface area contributed by atoms with Crippen LogP contribution in [0.1, 0.15) is 493 Å². The molecule has 0 aliphatic carbocycles. The first-order chi connectivity index (χ1) is 47.0. The molecular weight excluding hydrogens is 1200 g/mol. The van der Waals surface area contributed by atoms with Crippen molar-refractivity contribution < 1.29 is 21.2 Å². The van der Waals surface area contributed by atoms with Gasteiger partial charge in [-0.1, -0.05) is 457 Å². The van der Waals surface area contributed by atoms with Crippen molar-refractivity contribution in [1.29, 1.82) is 0 Å². The third kappa shape index (κ3) is 59.7. The molecular formula is C93H168N2Ni. The van der Waals surface area contributed by atoms with E-state index in [4.69, 9.17) is 0 Å². The topological polar surface area (TPSA) is 25.3 Å². The van der Waals surface area contributed by atoms with Crippen molar-refractivity contribution in [3.05, 3.63) is 102 Å². The Kier molecular flexibility index (Phi) is 75.6. The zero-order valence-corrected chi connectivity index (χ0v) is 66.8. The molecule has 2 aromatic rings. The van der Waals surface area contributed by atoms with Gasteiger partial charge in [-0.15, -0.1) is 0 Å². The molecule has 0 unspecified atom stereocenters. The summed E-state index contributed by atoms with van der Waals surface area (Å²) in [5.41, 5.74) is 19.5. The Morgan fingerprint density at radius 3 is 0.760 bits per heavy atom. The van der Waals surface area contributed by atoms with Crippen molar-refractivity contribution in [3.63, 3.8) is 0 Å². The van der Waals surface area contributed by atoms with Crippen LogP contribution >= 0.6 is 0 Å². The fourth-order valence-electron chi connectivity index (χ4n) is 14.4. The summed E-state index contributed by atoms with van der Waals surface area (Å²) in [7, 11) is 0. The van der Waals surface area contributed by atoms with Crippen molar-refractivity contribution in [2.75, 3.05) is 0 Å². The molecule has 560 valence electrons. The van der Waals surface area contributed by atoms with Crippen molar-refractivity contribution in [3.8, 4) is 0 Å². The normalized spacial score (nSPS) is 12.1. The maximum Gasteiger partial charge on any atom is 2.00 e. The maximum absolute atomic E-state index is 11.4. The Morgan fingerprint density at radius 2 is 0.479 bits per heavy atom. The van der Waals surface area contributed by atoms with Gasteiger partial charge in [-0.2, -0.15) is 12.8 Å². The van der Waals surface area contributed by atoms with Gasteiger partial charge in [-0.3, -0.25) is 0 Å². The Hall–Kier alpha value is -1.99. The molecule has 0 fully saturated rings. The number of rotatable bonds is 70. The Balaban J connectivity index is 0.00000141. The third-order valence-corrected chi connectivity index (χ3v) is 20.9. The van der Waals surface area contributed by atoms with E-state index in [1.54, 1.807) is 0 Å². The molecule has 0 N–H and O–H groups in total. The second kappa shape index (κ2) is 77.2. The number of allylic oxidation sites excluding steroid dienone is 2. The molecule has 0 saturated heterocycles. The van der Waals surface area contributed by atoms with Crippen LogP contribution in [0.15, 0.2) is 60.2 Å². The summed E-state index contributed by atoms with van der Waals surface area (Å²) in [6.07, 6.45) is 101. The van der Waals surface area contributed by atoms with Gasteiger partial charge in [0.2, 0.25) is 11.4 Å². The zero-order valence-electron chi connectivity index (χ0n) is 65.8. The minimum atomic E-state index is 0. The van der Waals surface area contributed by atoms with Crippen LogP contribution in [-0.2, 0) is 29.3 Å². The number of hydrogen-bond acceptors (Lipinski definition) is 0. The predicted molar refractivity (Wildman–Crippen MR) is 432 cm³/mol. The molecule has 0 amide bonds. The van der Waals surface area contributed by atoms with Gasteiger partial charge in [0, 0.05) is 22.8 Å². The number of aryl methyl sites for hydroxylation is 2. The molecule has 2 nitrogen and oxygen atoms in total. The van der Waals surface area contributed by atoms with Crippen LogP contribution < -0.4 is 0 Å². The summed E-state index contributed by atoms with van der Waals surface area (Å²) in [5.74, 6) is 0. The van der Waals surface area contributed by atoms with Crippen LogP contribution in [0.4, 0.5) is 0 Å². The Bertz CT molecular complexity index is 1830. The number of unbranched alkanes of at least 4 members (excludes halogenated alkanes) is 62. The summed E-state index contributed by atoms with van der Waals surface area (Å²) in [6.45, 7) is 19.2. The van der Waals surface area contributed by atoms with Crippen LogP contribution in [-0.4, -0.2) is 4.70 Å². The van der Waals surface area contributed by atoms with E-state index in [1.807, 2.05) is 0 Å². The Morgan fingerprint density at radius 1 is 0.260 bits per heavy atom. The molecule has 1 heterocycles. The van der Waals surface area contributed by atoms with Gasteiger partial charge in [0.1, 0.15) is 0 Å². The van der Waals surface area contributed by atoms with Gasteiger partial charge in [0.25, 0.3) is 0 Å². The van der Waals surface area contributed by atoms with Crippen molar-refractivity contribution in [1.82, 2.24) is 0 Å². The first-order valence-corrected chi connectivity index (χ1v) is 43.7. The molecule has 0 spiro atoms. The monoisotopic (exact) mass is 1370 g/mol. The minimum Gasteiger partial charge on any atom is -0.493 e. The number of hydrogen-bond donors (Lipinski definition) is 0. The summed E-state index contributed by atoms with van der Waals surface area (Å²) in [4.78, 5) is 0.